The van der Waals surface area contributed by atoms with Gasteiger partial charge in [0.2, 0.25) is 0 Å². The summed E-state index contributed by atoms with van der Waals surface area (Å²) in [6.45, 7) is 0. The summed E-state index contributed by atoms with van der Waals surface area (Å²) in [5.41, 5.74) is -0.357. The minimum absolute atomic E-state index is 0.0849. The molecule has 0 saturated carbocycles. The number of benzene rings is 1. The minimum Gasteiger partial charge on any atom is -0.478 e. The van der Waals surface area contributed by atoms with Crippen molar-refractivity contribution in [2.24, 2.45) is 0 Å². The van der Waals surface area contributed by atoms with Crippen molar-refractivity contribution < 1.29 is 33.8 Å². The molecular weight excluding hydrogens is 631 g/mol. The van der Waals surface area contributed by atoms with Crippen molar-refractivity contribution in [3.05, 3.63) is 107 Å². The first-order valence-corrected chi connectivity index (χ1v) is 13.9. The molecule has 0 radical (unpaired) electrons. The fraction of sp³-hybridized carbons (Fsp3) is 0.103. The minimum atomic E-state index is -1.45. The number of rotatable bonds is 11. The molecule has 5 heterocycles. The SMILES string of the molecule is O=C(Nc1cc(CCCc2cnc(C(=O)O)c(NC(=O)c3ccc4nnnn4n3)c2)c(F)cc1C(=O)O)c1ccc(-n2ccnc2)nn1. The van der Waals surface area contributed by atoms with Crippen molar-refractivity contribution in [2.75, 3.05) is 10.6 Å². The fourth-order valence-corrected chi connectivity index (χ4v) is 4.61. The molecule has 18 nitrogen and oxygen atoms in total. The molecule has 0 spiro atoms. The van der Waals surface area contributed by atoms with Crippen LogP contribution in [0.1, 0.15) is 59.4 Å². The summed E-state index contributed by atoms with van der Waals surface area (Å²) in [5.74, 6) is -4.72. The molecule has 1 aromatic carbocycles. The summed E-state index contributed by atoms with van der Waals surface area (Å²) in [6, 6.07) is 9.23. The lowest BCUT2D eigenvalue weighted by Gasteiger charge is -2.13. The molecule has 0 saturated heterocycles. The Bertz CT molecular complexity index is 2190. The van der Waals surface area contributed by atoms with E-state index in [-0.39, 0.29) is 41.2 Å². The molecule has 0 unspecified atom stereocenters. The van der Waals surface area contributed by atoms with Crippen LogP contribution in [-0.4, -0.2) is 84.0 Å². The maximum absolute atomic E-state index is 15.0. The summed E-state index contributed by atoms with van der Waals surface area (Å²) >= 11 is 0. The van der Waals surface area contributed by atoms with Crippen molar-refractivity contribution >= 4 is 40.8 Å². The summed E-state index contributed by atoms with van der Waals surface area (Å²) < 4.78 is 17.6. The van der Waals surface area contributed by atoms with Crippen molar-refractivity contribution in [1.82, 2.24) is 50.0 Å². The van der Waals surface area contributed by atoms with E-state index >= 15 is 0 Å². The standard InChI is InChI=1S/C29H21FN12O6/c30-18-12-17(28(45)46)21(33-26(43)19-4-6-23(36-35-19)41-9-8-31-14-41)11-16(18)3-1-2-15-10-22(25(29(47)48)32-13-15)34-27(44)20-5-7-24-37-39-40-42(24)38-20/h4-14H,1-3H2,(H,33,43)(H,34,44)(H,45,46)(H,47,48). The number of aryl methyl sites for hydroxylation is 2. The number of aromatic nitrogens is 10. The maximum atomic E-state index is 15.0. The lowest BCUT2D eigenvalue weighted by molar-refractivity contribution is 0.0683. The summed E-state index contributed by atoms with van der Waals surface area (Å²) in [6.07, 6.45) is 6.68. The molecule has 6 aromatic rings. The van der Waals surface area contributed by atoms with Crippen LogP contribution in [0.4, 0.5) is 15.8 Å². The number of imidazole rings is 1. The molecule has 240 valence electrons. The first-order valence-electron chi connectivity index (χ1n) is 13.9. The zero-order valence-corrected chi connectivity index (χ0v) is 24.3. The van der Waals surface area contributed by atoms with Crippen molar-refractivity contribution in [1.29, 1.82) is 0 Å². The normalized spacial score (nSPS) is 10.9. The largest absolute Gasteiger partial charge is 0.478 e. The number of anilines is 2. The smallest absolute Gasteiger partial charge is 0.356 e. The van der Waals surface area contributed by atoms with Gasteiger partial charge < -0.3 is 20.8 Å². The van der Waals surface area contributed by atoms with E-state index in [0.29, 0.717) is 23.4 Å². The van der Waals surface area contributed by atoms with E-state index in [0.717, 1.165) is 10.7 Å². The van der Waals surface area contributed by atoms with Crippen LogP contribution in [0.25, 0.3) is 11.5 Å². The Morgan fingerprint density at radius 1 is 0.854 bits per heavy atom. The molecule has 0 atom stereocenters. The second-order valence-corrected chi connectivity index (χ2v) is 10.1. The Kier molecular flexibility index (Phi) is 8.47. The average Bonchev–Trinajstić information content (AvgIpc) is 3.78. The molecule has 19 heteroatoms. The third-order valence-corrected chi connectivity index (χ3v) is 6.93. The summed E-state index contributed by atoms with van der Waals surface area (Å²) in [4.78, 5) is 57.2. The highest BCUT2D eigenvalue weighted by Crippen LogP contribution is 2.24. The van der Waals surface area contributed by atoms with Gasteiger partial charge in [0, 0.05) is 18.6 Å². The molecule has 0 aliphatic rings. The number of hydrogen-bond acceptors (Lipinski definition) is 12. The van der Waals surface area contributed by atoms with Crippen LogP contribution >= 0.6 is 0 Å². The monoisotopic (exact) mass is 652 g/mol. The predicted molar refractivity (Wildman–Crippen MR) is 160 cm³/mol. The van der Waals surface area contributed by atoms with E-state index in [2.05, 4.69) is 51.4 Å². The van der Waals surface area contributed by atoms with Crippen molar-refractivity contribution in [3.8, 4) is 5.82 Å². The molecule has 0 aliphatic carbocycles. The molecule has 6 rings (SSSR count). The maximum Gasteiger partial charge on any atom is 0.356 e. The molecule has 0 aliphatic heterocycles. The van der Waals surface area contributed by atoms with Crippen LogP contribution in [0.15, 0.2) is 67.4 Å². The molecule has 48 heavy (non-hydrogen) atoms. The number of hydrogen-bond donors (Lipinski definition) is 4. The summed E-state index contributed by atoms with van der Waals surface area (Å²) in [7, 11) is 0. The van der Waals surface area contributed by atoms with Crippen LogP contribution in [-0.2, 0) is 12.8 Å². The van der Waals surface area contributed by atoms with Gasteiger partial charge in [-0.1, -0.05) is 0 Å². The van der Waals surface area contributed by atoms with Gasteiger partial charge in [0.25, 0.3) is 11.8 Å². The Morgan fingerprint density at radius 2 is 1.65 bits per heavy atom. The van der Waals surface area contributed by atoms with E-state index in [4.69, 9.17) is 0 Å². The quantitative estimate of drug-likeness (QED) is 0.157. The first kappa shape index (κ1) is 31.0. The van der Waals surface area contributed by atoms with E-state index in [9.17, 15) is 33.8 Å². The number of carboxylic acids is 2. The fourth-order valence-electron chi connectivity index (χ4n) is 4.61. The van der Waals surface area contributed by atoms with Crippen LogP contribution in [0.3, 0.4) is 0 Å². The Hall–Kier alpha value is -7.05. The number of aromatic carboxylic acids is 2. The van der Waals surface area contributed by atoms with Gasteiger partial charge in [0.15, 0.2) is 28.5 Å². The molecular formula is C29H21FN12O6. The molecule has 4 N–H and O–H groups in total. The second-order valence-electron chi connectivity index (χ2n) is 10.1. The molecule has 5 aromatic heterocycles. The Labute approximate surface area is 267 Å². The highest BCUT2D eigenvalue weighted by atomic mass is 19.1. The number of nitrogens with one attached hydrogen (secondary N) is 2. The topological polar surface area (TPSA) is 245 Å². The number of carboxylic acid groups (broad SMARTS) is 2. The van der Waals surface area contributed by atoms with Gasteiger partial charge in [-0.2, -0.15) is 0 Å². The number of amides is 2. The first-order chi connectivity index (χ1) is 23.2. The number of tetrazole rings is 1. The highest BCUT2D eigenvalue weighted by molar-refractivity contribution is 6.07. The van der Waals surface area contributed by atoms with Crippen LogP contribution in [0, 0.1) is 5.82 Å². The van der Waals surface area contributed by atoms with Gasteiger partial charge in [-0.3, -0.25) is 14.2 Å². The van der Waals surface area contributed by atoms with Crippen LogP contribution in [0.5, 0.6) is 0 Å². The van der Waals surface area contributed by atoms with E-state index < -0.39 is 40.8 Å². The third-order valence-electron chi connectivity index (χ3n) is 6.93. The highest BCUT2D eigenvalue weighted by Gasteiger charge is 2.20. The molecule has 0 bridgehead atoms. The van der Waals surface area contributed by atoms with E-state index in [1.165, 1.54) is 48.9 Å². The van der Waals surface area contributed by atoms with Gasteiger partial charge >= 0.3 is 11.9 Å². The lowest BCUT2D eigenvalue weighted by Crippen LogP contribution is -2.18. The third kappa shape index (κ3) is 6.63. The number of halogens is 1. The number of carbonyl (C=O) groups excluding carboxylic acids is 2. The zero-order valence-electron chi connectivity index (χ0n) is 24.3. The van der Waals surface area contributed by atoms with Crippen molar-refractivity contribution in [3.63, 3.8) is 0 Å². The summed E-state index contributed by atoms with van der Waals surface area (Å²) in [5, 5.41) is 46.8. The zero-order chi connectivity index (χ0) is 33.8. The van der Waals surface area contributed by atoms with Crippen LogP contribution < -0.4 is 10.6 Å². The number of fused-ring (bicyclic) bond motifs is 1. The second kappa shape index (κ2) is 13.1. The van der Waals surface area contributed by atoms with E-state index in [1.807, 2.05) is 0 Å². The van der Waals surface area contributed by atoms with Gasteiger partial charge in [0.1, 0.15) is 12.1 Å². The van der Waals surface area contributed by atoms with Crippen LogP contribution in [0.2, 0.25) is 0 Å². The van der Waals surface area contributed by atoms with Gasteiger partial charge in [0.05, 0.1) is 16.9 Å². The number of nitrogens with zero attached hydrogens (tertiary/aromatic N) is 10. The molecule has 2 amide bonds. The Balaban J connectivity index is 1.15. The molecule has 0 fully saturated rings. The lowest BCUT2D eigenvalue weighted by atomic mass is 10.0. The van der Waals surface area contributed by atoms with Gasteiger partial charge in [-0.05, 0) is 83.3 Å². The van der Waals surface area contributed by atoms with E-state index in [1.54, 1.807) is 17.0 Å². The number of carbonyl (C=O) groups is 4. The number of pyridine rings is 1. The van der Waals surface area contributed by atoms with Gasteiger partial charge in [-0.25, -0.2) is 23.9 Å². The van der Waals surface area contributed by atoms with Crippen molar-refractivity contribution in [2.45, 2.75) is 19.3 Å². The average molecular weight is 653 g/mol. The Morgan fingerprint density at radius 3 is 2.38 bits per heavy atom. The predicted octanol–water partition coefficient (Wildman–Crippen LogP) is 2.11. The van der Waals surface area contributed by atoms with Gasteiger partial charge in [-0.15, -0.1) is 25.0 Å².